The zero-order valence-corrected chi connectivity index (χ0v) is 14.4. The van der Waals surface area contributed by atoms with Gasteiger partial charge in [0.25, 0.3) is 11.8 Å². The number of nitrogens with zero attached hydrogens (tertiary/aromatic N) is 2. The number of aryl methyl sites for hydroxylation is 1. The zero-order chi connectivity index (χ0) is 18.1. The number of anilines is 1. The molecular weight excluding hydrogens is 328 g/mol. The number of benzene rings is 2. The molecule has 5 heteroatoms. The van der Waals surface area contributed by atoms with Gasteiger partial charge in [-0.2, -0.15) is 0 Å². The molecule has 2 aromatic carbocycles. The second-order valence-electron chi connectivity index (χ2n) is 6.73. The second-order valence-corrected chi connectivity index (χ2v) is 6.73. The molecule has 26 heavy (non-hydrogen) atoms. The summed E-state index contributed by atoms with van der Waals surface area (Å²) in [5.41, 5.74) is 1.89. The summed E-state index contributed by atoms with van der Waals surface area (Å²) in [5, 5.41) is 0. The molecule has 0 saturated carbocycles. The summed E-state index contributed by atoms with van der Waals surface area (Å²) in [4.78, 5) is 41.8. The molecule has 0 bridgehead atoms. The van der Waals surface area contributed by atoms with Crippen molar-refractivity contribution in [1.82, 2.24) is 4.90 Å². The van der Waals surface area contributed by atoms with Crippen molar-refractivity contribution >= 4 is 23.4 Å². The molecule has 0 unspecified atom stereocenters. The predicted octanol–water partition coefficient (Wildman–Crippen LogP) is 2.80. The van der Waals surface area contributed by atoms with Gasteiger partial charge in [-0.15, -0.1) is 0 Å². The number of fused-ring (bicyclic) bond motifs is 2. The normalized spacial score (nSPS) is 19.2. The highest BCUT2D eigenvalue weighted by atomic mass is 16.2. The SMILES string of the molecule is O=C(CCc1ccccc1)N1C(=O)[C@H]2CCCN2C(=O)c2ccccc21. The third-order valence-electron chi connectivity index (χ3n) is 5.11. The summed E-state index contributed by atoms with van der Waals surface area (Å²) in [7, 11) is 0. The maximum atomic E-state index is 13.1. The van der Waals surface area contributed by atoms with Gasteiger partial charge in [0.05, 0.1) is 11.3 Å². The van der Waals surface area contributed by atoms with E-state index in [1.54, 1.807) is 29.2 Å². The molecule has 2 aliphatic rings. The van der Waals surface area contributed by atoms with Gasteiger partial charge < -0.3 is 4.90 Å². The summed E-state index contributed by atoms with van der Waals surface area (Å²) in [6.45, 7) is 0.565. The number of para-hydroxylation sites is 1. The highest BCUT2D eigenvalue weighted by Gasteiger charge is 2.43. The van der Waals surface area contributed by atoms with Gasteiger partial charge >= 0.3 is 0 Å². The summed E-state index contributed by atoms with van der Waals surface area (Å²) in [6, 6.07) is 16.1. The van der Waals surface area contributed by atoms with Gasteiger partial charge in [0.2, 0.25) is 5.91 Å². The molecule has 0 N–H and O–H groups in total. The highest BCUT2D eigenvalue weighted by Crippen LogP contribution is 2.32. The lowest BCUT2D eigenvalue weighted by Gasteiger charge is -2.24. The van der Waals surface area contributed by atoms with Gasteiger partial charge in [-0.05, 0) is 37.0 Å². The first-order valence-corrected chi connectivity index (χ1v) is 8.97. The van der Waals surface area contributed by atoms with E-state index in [4.69, 9.17) is 0 Å². The molecule has 1 atom stereocenters. The fourth-order valence-electron chi connectivity index (χ4n) is 3.80. The lowest BCUT2D eigenvalue weighted by atomic mass is 10.1. The van der Waals surface area contributed by atoms with Crippen LogP contribution in [0.4, 0.5) is 5.69 Å². The van der Waals surface area contributed by atoms with Crippen LogP contribution >= 0.6 is 0 Å². The number of imide groups is 1. The minimum absolute atomic E-state index is 0.158. The Kier molecular flexibility index (Phi) is 4.29. The van der Waals surface area contributed by atoms with Crippen molar-refractivity contribution in [3.05, 3.63) is 65.7 Å². The van der Waals surface area contributed by atoms with Crippen LogP contribution < -0.4 is 4.90 Å². The number of carbonyl (C=O) groups is 3. The molecular formula is C21H20N2O3. The lowest BCUT2D eigenvalue weighted by molar-refractivity contribution is -0.128. The second kappa shape index (κ2) is 6.75. The zero-order valence-electron chi connectivity index (χ0n) is 14.4. The van der Waals surface area contributed by atoms with E-state index in [1.165, 1.54) is 4.90 Å². The van der Waals surface area contributed by atoms with E-state index in [2.05, 4.69) is 0 Å². The Labute approximate surface area is 152 Å². The van der Waals surface area contributed by atoms with Crippen LogP contribution in [0.1, 0.15) is 35.2 Å². The minimum Gasteiger partial charge on any atom is -0.327 e. The van der Waals surface area contributed by atoms with Crippen LogP contribution in [0.5, 0.6) is 0 Å². The summed E-state index contributed by atoms with van der Waals surface area (Å²) in [6.07, 6.45) is 2.19. The fraction of sp³-hybridized carbons (Fsp3) is 0.286. The molecule has 5 nitrogen and oxygen atoms in total. The van der Waals surface area contributed by atoms with Crippen molar-refractivity contribution in [2.45, 2.75) is 31.7 Å². The fourth-order valence-corrected chi connectivity index (χ4v) is 3.80. The van der Waals surface area contributed by atoms with Crippen LogP contribution in [0.15, 0.2) is 54.6 Å². The molecule has 2 heterocycles. The van der Waals surface area contributed by atoms with E-state index in [1.807, 2.05) is 30.3 Å². The van der Waals surface area contributed by atoms with Crippen LogP contribution in [0.3, 0.4) is 0 Å². The van der Waals surface area contributed by atoms with Gasteiger partial charge in [0, 0.05) is 13.0 Å². The Morgan fingerprint density at radius 2 is 1.73 bits per heavy atom. The first-order valence-electron chi connectivity index (χ1n) is 8.97. The topological polar surface area (TPSA) is 57.7 Å². The summed E-state index contributed by atoms with van der Waals surface area (Å²) >= 11 is 0. The Morgan fingerprint density at radius 1 is 1.00 bits per heavy atom. The number of hydrogen-bond acceptors (Lipinski definition) is 3. The average molecular weight is 348 g/mol. The number of hydrogen-bond donors (Lipinski definition) is 0. The molecule has 0 aliphatic carbocycles. The monoisotopic (exact) mass is 348 g/mol. The Hall–Kier alpha value is -2.95. The van der Waals surface area contributed by atoms with Crippen LogP contribution in [0, 0.1) is 0 Å². The van der Waals surface area contributed by atoms with Crippen molar-refractivity contribution in [3.8, 4) is 0 Å². The van der Waals surface area contributed by atoms with Crippen molar-refractivity contribution < 1.29 is 14.4 Å². The molecule has 3 amide bonds. The smallest absolute Gasteiger partial charge is 0.256 e. The number of carbonyl (C=O) groups excluding carboxylic acids is 3. The van der Waals surface area contributed by atoms with Crippen molar-refractivity contribution in [3.63, 3.8) is 0 Å². The molecule has 2 aromatic rings. The van der Waals surface area contributed by atoms with Gasteiger partial charge in [-0.1, -0.05) is 42.5 Å². The lowest BCUT2D eigenvalue weighted by Crippen LogP contribution is -2.47. The molecule has 4 rings (SSSR count). The standard InChI is InChI=1S/C21H20N2O3/c24-19(13-12-15-7-2-1-3-8-15)23-17-10-5-4-9-16(17)20(25)22-14-6-11-18(22)21(23)26/h1-5,7-10,18H,6,11-14H2/t18-/m1/s1. The van der Waals surface area contributed by atoms with Crippen molar-refractivity contribution in [1.29, 1.82) is 0 Å². The number of rotatable bonds is 3. The predicted molar refractivity (Wildman–Crippen MR) is 97.8 cm³/mol. The third kappa shape index (κ3) is 2.79. The Balaban J connectivity index is 1.66. The maximum Gasteiger partial charge on any atom is 0.256 e. The van der Waals surface area contributed by atoms with Gasteiger partial charge in [-0.3, -0.25) is 14.4 Å². The molecule has 1 saturated heterocycles. The summed E-state index contributed by atoms with van der Waals surface area (Å²) in [5.74, 6) is -0.693. The molecule has 0 radical (unpaired) electrons. The van der Waals surface area contributed by atoms with E-state index >= 15 is 0 Å². The average Bonchev–Trinajstić information content (AvgIpc) is 3.14. The van der Waals surface area contributed by atoms with Crippen LogP contribution in [0.25, 0.3) is 0 Å². The third-order valence-corrected chi connectivity index (χ3v) is 5.11. The Morgan fingerprint density at radius 3 is 2.54 bits per heavy atom. The maximum absolute atomic E-state index is 13.1. The van der Waals surface area contributed by atoms with Crippen molar-refractivity contribution in [2.75, 3.05) is 11.4 Å². The quantitative estimate of drug-likeness (QED) is 0.857. The van der Waals surface area contributed by atoms with Gasteiger partial charge in [0.1, 0.15) is 6.04 Å². The molecule has 132 valence electrons. The molecule has 1 fully saturated rings. The number of amides is 3. The van der Waals surface area contributed by atoms with E-state index < -0.39 is 6.04 Å². The van der Waals surface area contributed by atoms with E-state index in [-0.39, 0.29) is 24.1 Å². The Bertz CT molecular complexity index is 863. The van der Waals surface area contributed by atoms with Crippen molar-refractivity contribution in [2.24, 2.45) is 0 Å². The van der Waals surface area contributed by atoms with Gasteiger partial charge in [0.15, 0.2) is 0 Å². The molecule has 2 aliphatic heterocycles. The van der Waals surface area contributed by atoms with Crippen LogP contribution in [0.2, 0.25) is 0 Å². The van der Waals surface area contributed by atoms with E-state index in [0.717, 1.165) is 12.0 Å². The van der Waals surface area contributed by atoms with Crippen LogP contribution in [-0.4, -0.2) is 35.2 Å². The van der Waals surface area contributed by atoms with Crippen LogP contribution in [-0.2, 0) is 16.0 Å². The first kappa shape index (κ1) is 16.5. The molecule has 0 aromatic heterocycles. The molecule has 0 spiro atoms. The van der Waals surface area contributed by atoms with E-state index in [0.29, 0.717) is 30.6 Å². The largest absolute Gasteiger partial charge is 0.327 e. The van der Waals surface area contributed by atoms with Gasteiger partial charge in [-0.25, -0.2) is 4.90 Å². The minimum atomic E-state index is -0.532. The summed E-state index contributed by atoms with van der Waals surface area (Å²) < 4.78 is 0. The first-order chi connectivity index (χ1) is 12.7. The highest BCUT2D eigenvalue weighted by molar-refractivity contribution is 6.22. The van der Waals surface area contributed by atoms with E-state index in [9.17, 15) is 14.4 Å².